The fraction of sp³-hybridized carbons (Fsp3) is 0.667. The van der Waals surface area contributed by atoms with Gasteiger partial charge in [-0.05, 0) is 50.3 Å². The third kappa shape index (κ3) is 3.71. The molecule has 2 nitrogen and oxygen atoms in total. The first-order chi connectivity index (χ1) is 12.8. The monoisotopic (exact) mass is 351 g/mol. The lowest BCUT2D eigenvalue weighted by Gasteiger charge is -2.49. The molecule has 5 rings (SSSR count). The van der Waals surface area contributed by atoms with Gasteiger partial charge >= 0.3 is 0 Å². The molecule has 0 unspecified atom stereocenters. The van der Waals surface area contributed by atoms with Crippen LogP contribution in [0.5, 0.6) is 0 Å². The predicted octanol–water partition coefficient (Wildman–Crippen LogP) is 4.85. The van der Waals surface area contributed by atoms with E-state index in [0.29, 0.717) is 17.8 Å². The zero-order valence-electron chi connectivity index (χ0n) is 16.3. The van der Waals surface area contributed by atoms with Gasteiger partial charge in [-0.3, -0.25) is 4.90 Å². The molecule has 2 atom stereocenters. The van der Waals surface area contributed by atoms with E-state index in [1.54, 1.807) is 0 Å². The van der Waals surface area contributed by atoms with Crippen molar-refractivity contribution < 1.29 is 4.74 Å². The number of fused-ring (bicyclic) bond motifs is 3. The van der Waals surface area contributed by atoms with Crippen molar-refractivity contribution in [1.29, 1.82) is 0 Å². The van der Waals surface area contributed by atoms with Gasteiger partial charge in [0, 0.05) is 25.5 Å². The van der Waals surface area contributed by atoms with Crippen LogP contribution < -0.4 is 0 Å². The zero-order chi connectivity index (χ0) is 17.8. The van der Waals surface area contributed by atoms with Crippen LogP contribution in [0.1, 0.15) is 62.8 Å². The van der Waals surface area contributed by atoms with Gasteiger partial charge in [0.25, 0.3) is 0 Å². The number of hydrogen-bond donors (Lipinski definition) is 0. The highest BCUT2D eigenvalue weighted by Gasteiger charge is 2.46. The molecule has 0 N–H and O–H groups in total. The van der Waals surface area contributed by atoms with Gasteiger partial charge in [0.15, 0.2) is 0 Å². The topological polar surface area (TPSA) is 12.5 Å². The van der Waals surface area contributed by atoms with Crippen molar-refractivity contribution in [2.24, 2.45) is 11.8 Å². The molecule has 1 saturated carbocycles. The van der Waals surface area contributed by atoms with Crippen LogP contribution in [0.25, 0.3) is 0 Å². The Morgan fingerprint density at radius 3 is 2.27 bits per heavy atom. The molecule has 3 saturated heterocycles. The number of piperidine rings is 3. The summed E-state index contributed by atoms with van der Waals surface area (Å²) < 4.78 is 6.10. The number of benzene rings is 1. The van der Waals surface area contributed by atoms with Crippen molar-refractivity contribution in [3.8, 4) is 11.8 Å². The summed E-state index contributed by atoms with van der Waals surface area (Å²) in [6.45, 7) is 3.44. The van der Waals surface area contributed by atoms with E-state index >= 15 is 0 Å². The number of hydrogen-bond acceptors (Lipinski definition) is 2. The molecule has 0 radical (unpaired) electrons. The molecule has 1 aromatic rings. The molecule has 0 amide bonds. The second-order valence-corrected chi connectivity index (χ2v) is 8.55. The van der Waals surface area contributed by atoms with Gasteiger partial charge in [-0.25, -0.2) is 0 Å². The summed E-state index contributed by atoms with van der Waals surface area (Å²) in [6, 6.07) is 11.0. The highest BCUT2D eigenvalue weighted by atomic mass is 16.5. The third-order valence-electron chi connectivity index (χ3n) is 7.04. The van der Waals surface area contributed by atoms with Crippen LogP contribution in [0.4, 0.5) is 0 Å². The fourth-order valence-corrected chi connectivity index (χ4v) is 5.42. The van der Waals surface area contributed by atoms with Crippen molar-refractivity contribution in [3.05, 3.63) is 35.9 Å². The Bertz CT molecular complexity index is 629. The molecule has 0 spiro atoms. The highest BCUT2D eigenvalue weighted by Crippen LogP contribution is 2.39. The summed E-state index contributed by atoms with van der Waals surface area (Å²) in [5.74, 6) is 9.16. The molecule has 1 aliphatic carbocycles. The summed E-state index contributed by atoms with van der Waals surface area (Å²) >= 11 is 0. The second-order valence-electron chi connectivity index (χ2n) is 8.55. The maximum atomic E-state index is 6.10. The zero-order valence-corrected chi connectivity index (χ0v) is 16.3. The molecule has 26 heavy (non-hydrogen) atoms. The lowest BCUT2D eigenvalue weighted by atomic mass is 9.74. The molecule has 2 heteroatoms. The van der Waals surface area contributed by atoms with Crippen molar-refractivity contribution in [2.75, 3.05) is 26.7 Å². The number of rotatable bonds is 3. The smallest absolute Gasteiger partial charge is 0.143 e. The third-order valence-corrected chi connectivity index (χ3v) is 7.04. The van der Waals surface area contributed by atoms with Crippen molar-refractivity contribution >= 4 is 0 Å². The Morgan fingerprint density at radius 2 is 1.69 bits per heavy atom. The summed E-state index contributed by atoms with van der Waals surface area (Å²) in [4.78, 5) is 2.54. The first kappa shape index (κ1) is 18.1. The summed E-state index contributed by atoms with van der Waals surface area (Å²) in [6.07, 6.45) is 10.6. The summed E-state index contributed by atoms with van der Waals surface area (Å²) in [7, 11) is 1.87. The van der Waals surface area contributed by atoms with Gasteiger partial charge < -0.3 is 4.74 Å². The molecule has 4 fully saturated rings. The van der Waals surface area contributed by atoms with Gasteiger partial charge in [-0.2, -0.15) is 0 Å². The van der Waals surface area contributed by atoms with Crippen LogP contribution >= 0.6 is 0 Å². The average molecular weight is 352 g/mol. The van der Waals surface area contributed by atoms with E-state index in [1.165, 1.54) is 70.0 Å². The van der Waals surface area contributed by atoms with Crippen LogP contribution in [-0.2, 0) is 4.74 Å². The number of nitrogens with zero attached hydrogens (tertiary/aromatic N) is 1. The van der Waals surface area contributed by atoms with Crippen LogP contribution in [-0.4, -0.2) is 37.2 Å². The van der Waals surface area contributed by atoms with Gasteiger partial charge in [0.1, 0.15) is 5.60 Å². The minimum absolute atomic E-state index is 0.242. The van der Waals surface area contributed by atoms with E-state index in [0.717, 1.165) is 6.54 Å². The molecular formula is C24H33NO. The first-order valence-electron chi connectivity index (χ1n) is 10.7. The Balaban J connectivity index is 1.63. The summed E-state index contributed by atoms with van der Waals surface area (Å²) in [5, 5.41) is 0. The molecule has 3 heterocycles. The minimum atomic E-state index is -0.242. The van der Waals surface area contributed by atoms with Gasteiger partial charge in [-0.15, -0.1) is 0 Å². The van der Waals surface area contributed by atoms with Gasteiger partial charge in [0.05, 0.1) is 0 Å². The van der Waals surface area contributed by atoms with Crippen LogP contribution in [0.15, 0.2) is 30.3 Å². The molecule has 140 valence electrons. The molecule has 1 aromatic carbocycles. The highest BCUT2D eigenvalue weighted by molar-refractivity contribution is 5.32. The Kier molecular flexibility index (Phi) is 5.67. The van der Waals surface area contributed by atoms with Gasteiger partial charge in [0.2, 0.25) is 0 Å². The molecule has 4 aliphatic rings. The SMILES string of the molecule is CO[C@]1(C#C[C@@H](c2ccccc2)C2CCCCCC2)CN2CCC1CC2. The van der Waals surface area contributed by atoms with E-state index in [-0.39, 0.29) is 5.60 Å². The van der Waals surface area contributed by atoms with Crippen LogP contribution in [0.2, 0.25) is 0 Å². The summed E-state index contributed by atoms with van der Waals surface area (Å²) in [5.41, 5.74) is 1.16. The van der Waals surface area contributed by atoms with E-state index in [9.17, 15) is 0 Å². The van der Waals surface area contributed by atoms with Crippen LogP contribution in [0, 0.1) is 23.7 Å². The standard InChI is InChI=1S/C24H33NO/c1-26-24(19-25-17-14-22(24)15-18-25)16-13-23(21-11-7-4-8-12-21)20-9-5-2-3-6-10-20/h4,7-8,11-12,20,22-23H,2-3,5-6,9-10,14-15,17-19H2,1H3/t23-,24-/m1/s1. The second kappa shape index (κ2) is 8.15. The Labute approximate surface area is 159 Å². The van der Waals surface area contributed by atoms with Crippen molar-refractivity contribution in [2.45, 2.75) is 62.9 Å². The van der Waals surface area contributed by atoms with E-state index in [2.05, 4.69) is 47.1 Å². The maximum absolute atomic E-state index is 6.10. The Hall–Kier alpha value is -1.30. The normalized spacial score (nSPS) is 33.1. The average Bonchev–Trinajstić information content (AvgIpc) is 2.99. The quantitative estimate of drug-likeness (QED) is 0.570. The van der Waals surface area contributed by atoms with Crippen LogP contribution in [0.3, 0.4) is 0 Å². The van der Waals surface area contributed by atoms with Crippen molar-refractivity contribution in [3.63, 3.8) is 0 Å². The lowest BCUT2D eigenvalue weighted by molar-refractivity contribution is -0.0962. The van der Waals surface area contributed by atoms with Gasteiger partial charge in [-0.1, -0.05) is 67.9 Å². The lowest BCUT2D eigenvalue weighted by Crippen LogP contribution is -2.59. The molecule has 2 bridgehead atoms. The number of ether oxygens (including phenoxy) is 1. The molecule has 3 aliphatic heterocycles. The Morgan fingerprint density at radius 1 is 1.00 bits per heavy atom. The molecule has 0 aromatic heterocycles. The predicted molar refractivity (Wildman–Crippen MR) is 107 cm³/mol. The van der Waals surface area contributed by atoms with E-state index in [1.807, 2.05) is 7.11 Å². The minimum Gasteiger partial charge on any atom is -0.364 e. The largest absolute Gasteiger partial charge is 0.364 e. The molecular weight excluding hydrogens is 318 g/mol. The number of methoxy groups -OCH3 is 1. The van der Waals surface area contributed by atoms with E-state index in [4.69, 9.17) is 4.74 Å². The fourth-order valence-electron chi connectivity index (χ4n) is 5.42. The first-order valence-corrected chi connectivity index (χ1v) is 10.7. The van der Waals surface area contributed by atoms with E-state index < -0.39 is 0 Å². The van der Waals surface area contributed by atoms with Crippen molar-refractivity contribution in [1.82, 2.24) is 4.90 Å². The maximum Gasteiger partial charge on any atom is 0.143 e.